The number of rotatable bonds is 5. The summed E-state index contributed by atoms with van der Waals surface area (Å²) in [4.78, 5) is 11.6. The molecule has 0 fully saturated rings. The van der Waals surface area contributed by atoms with Crippen LogP contribution in [0.25, 0.3) is 0 Å². The van der Waals surface area contributed by atoms with Crippen molar-refractivity contribution in [1.29, 1.82) is 0 Å². The molecule has 5 nitrogen and oxygen atoms in total. The molecule has 112 valence electrons. The van der Waals surface area contributed by atoms with E-state index < -0.39 is 0 Å². The average molecular weight is 352 g/mol. The fourth-order valence-corrected chi connectivity index (χ4v) is 2.37. The normalized spacial score (nSPS) is 10.7. The highest BCUT2D eigenvalue weighted by Crippen LogP contribution is 2.21. The molecule has 0 saturated carbocycles. The molecule has 0 radical (unpaired) electrons. The van der Waals surface area contributed by atoms with Crippen LogP contribution in [0.4, 0.5) is 5.69 Å². The first-order chi connectivity index (χ1) is 10.0. The average Bonchev–Trinajstić information content (AvgIpc) is 2.69. The maximum Gasteiger partial charge on any atom is 0.250 e. The van der Waals surface area contributed by atoms with Crippen LogP contribution in [0.3, 0.4) is 0 Å². The molecule has 0 aliphatic carbocycles. The van der Waals surface area contributed by atoms with Gasteiger partial charge in [0.15, 0.2) is 0 Å². The molecule has 0 unspecified atom stereocenters. The van der Waals surface area contributed by atoms with Crippen molar-refractivity contribution < 1.29 is 9.53 Å². The van der Waals surface area contributed by atoms with Crippen molar-refractivity contribution >= 4 is 27.5 Å². The third-order valence-corrected chi connectivity index (χ3v) is 3.70. The van der Waals surface area contributed by atoms with Gasteiger partial charge in [-0.05, 0) is 31.5 Å². The third-order valence-electron chi connectivity index (χ3n) is 3.17. The molecule has 0 aliphatic heterocycles. The standard InChI is InChI=1S/C15H18BrN3O2/c1-10-15(17-14(20)9-21-3)11(2)19(18-10)8-12-4-6-13(16)7-5-12/h4-7H,8-9H2,1-3H3,(H,17,20). The second-order valence-electron chi connectivity index (χ2n) is 4.81. The maximum atomic E-state index is 11.6. The van der Waals surface area contributed by atoms with E-state index in [9.17, 15) is 4.79 Å². The summed E-state index contributed by atoms with van der Waals surface area (Å²) >= 11 is 3.42. The molecule has 0 bridgehead atoms. The van der Waals surface area contributed by atoms with Crippen LogP contribution in [-0.2, 0) is 16.1 Å². The lowest BCUT2D eigenvalue weighted by Crippen LogP contribution is -2.18. The zero-order chi connectivity index (χ0) is 15.4. The fourth-order valence-electron chi connectivity index (χ4n) is 2.10. The summed E-state index contributed by atoms with van der Waals surface area (Å²) in [6.45, 7) is 4.53. The van der Waals surface area contributed by atoms with Gasteiger partial charge in [-0.15, -0.1) is 0 Å². The number of aryl methyl sites for hydroxylation is 1. The van der Waals surface area contributed by atoms with Crippen LogP contribution in [0.5, 0.6) is 0 Å². The molecule has 1 N–H and O–H groups in total. The van der Waals surface area contributed by atoms with Gasteiger partial charge < -0.3 is 10.1 Å². The maximum absolute atomic E-state index is 11.6. The molecule has 0 spiro atoms. The highest BCUT2D eigenvalue weighted by atomic mass is 79.9. The third kappa shape index (κ3) is 3.92. The second-order valence-corrected chi connectivity index (χ2v) is 5.73. The minimum atomic E-state index is -0.174. The van der Waals surface area contributed by atoms with E-state index in [1.54, 1.807) is 0 Å². The number of hydrogen-bond donors (Lipinski definition) is 1. The van der Waals surface area contributed by atoms with E-state index in [1.165, 1.54) is 7.11 Å². The Balaban J connectivity index is 2.18. The van der Waals surface area contributed by atoms with E-state index in [1.807, 2.05) is 42.8 Å². The number of carbonyl (C=O) groups excluding carboxylic acids is 1. The van der Waals surface area contributed by atoms with Gasteiger partial charge in [0.1, 0.15) is 6.61 Å². The summed E-state index contributed by atoms with van der Waals surface area (Å²) in [5.74, 6) is -0.174. The van der Waals surface area contributed by atoms with E-state index in [0.717, 1.165) is 27.1 Å². The Morgan fingerprint density at radius 3 is 2.62 bits per heavy atom. The Labute approximate surface area is 132 Å². The summed E-state index contributed by atoms with van der Waals surface area (Å²) in [5.41, 5.74) is 3.64. The first-order valence-electron chi connectivity index (χ1n) is 6.58. The summed E-state index contributed by atoms with van der Waals surface area (Å²) in [6, 6.07) is 8.10. The molecule has 6 heteroatoms. The number of benzene rings is 1. The van der Waals surface area contributed by atoms with Gasteiger partial charge in [-0.3, -0.25) is 9.48 Å². The lowest BCUT2D eigenvalue weighted by molar-refractivity contribution is -0.119. The van der Waals surface area contributed by atoms with E-state index in [4.69, 9.17) is 4.74 Å². The summed E-state index contributed by atoms with van der Waals surface area (Å²) in [7, 11) is 1.50. The van der Waals surface area contributed by atoms with Gasteiger partial charge in [-0.25, -0.2) is 0 Å². The van der Waals surface area contributed by atoms with Gasteiger partial charge in [0.05, 0.1) is 23.6 Å². The number of hydrogen-bond acceptors (Lipinski definition) is 3. The summed E-state index contributed by atoms with van der Waals surface area (Å²) in [6.07, 6.45) is 0. The predicted molar refractivity (Wildman–Crippen MR) is 85.5 cm³/mol. The van der Waals surface area contributed by atoms with Crippen LogP contribution in [0.2, 0.25) is 0 Å². The number of amides is 1. The van der Waals surface area contributed by atoms with Crippen LogP contribution in [0.1, 0.15) is 17.0 Å². The zero-order valence-corrected chi connectivity index (χ0v) is 13.9. The Kier molecular flexibility index (Phi) is 5.14. The van der Waals surface area contributed by atoms with Gasteiger partial charge in [0.25, 0.3) is 0 Å². The van der Waals surface area contributed by atoms with Crippen molar-refractivity contribution in [2.75, 3.05) is 19.0 Å². The Morgan fingerprint density at radius 2 is 2.00 bits per heavy atom. The molecule has 1 amide bonds. The van der Waals surface area contributed by atoms with Crippen LogP contribution < -0.4 is 5.32 Å². The van der Waals surface area contributed by atoms with Crippen LogP contribution in [0.15, 0.2) is 28.7 Å². The van der Waals surface area contributed by atoms with Gasteiger partial charge in [-0.1, -0.05) is 28.1 Å². The van der Waals surface area contributed by atoms with Crippen molar-refractivity contribution in [2.24, 2.45) is 0 Å². The number of carbonyl (C=O) groups is 1. The molecule has 1 heterocycles. The van der Waals surface area contributed by atoms with Crippen molar-refractivity contribution in [3.63, 3.8) is 0 Å². The second kappa shape index (κ2) is 6.87. The molecular formula is C15H18BrN3O2. The molecule has 21 heavy (non-hydrogen) atoms. The fraction of sp³-hybridized carbons (Fsp3) is 0.333. The van der Waals surface area contributed by atoms with Crippen LogP contribution >= 0.6 is 15.9 Å². The quantitative estimate of drug-likeness (QED) is 0.900. The van der Waals surface area contributed by atoms with Crippen molar-refractivity contribution in [2.45, 2.75) is 20.4 Å². The lowest BCUT2D eigenvalue weighted by Gasteiger charge is -2.07. The first kappa shape index (κ1) is 15.7. The zero-order valence-electron chi connectivity index (χ0n) is 12.3. The van der Waals surface area contributed by atoms with Crippen molar-refractivity contribution in [1.82, 2.24) is 9.78 Å². The molecule has 0 saturated heterocycles. The van der Waals surface area contributed by atoms with Gasteiger partial charge >= 0.3 is 0 Å². The smallest absolute Gasteiger partial charge is 0.250 e. The Morgan fingerprint density at radius 1 is 1.33 bits per heavy atom. The summed E-state index contributed by atoms with van der Waals surface area (Å²) < 4.78 is 7.76. The topological polar surface area (TPSA) is 56.1 Å². The van der Waals surface area contributed by atoms with Crippen molar-refractivity contribution in [3.8, 4) is 0 Å². The lowest BCUT2D eigenvalue weighted by atomic mass is 10.2. The highest BCUT2D eigenvalue weighted by molar-refractivity contribution is 9.10. The SMILES string of the molecule is COCC(=O)Nc1c(C)nn(Cc2ccc(Br)cc2)c1C. The molecule has 1 aromatic heterocycles. The number of aromatic nitrogens is 2. The number of nitrogens with zero attached hydrogens (tertiary/aromatic N) is 2. The van der Waals surface area contributed by atoms with Crippen LogP contribution in [0, 0.1) is 13.8 Å². The van der Waals surface area contributed by atoms with Crippen LogP contribution in [-0.4, -0.2) is 29.4 Å². The Hall–Kier alpha value is -1.66. The van der Waals surface area contributed by atoms with Crippen molar-refractivity contribution in [3.05, 3.63) is 45.7 Å². The molecule has 0 atom stereocenters. The molecule has 2 aromatic rings. The number of nitrogens with one attached hydrogen (secondary N) is 1. The number of methoxy groups -OCH3 is 1. The molecular weight excluding hydrogens is 334 g/mol. The predicted octanol–water partition coefficient (Wildman–Crippen LogP) is 2.90. The largest absolute Gasteiger partial charge is 0.375 e. The molecule has 1 aromatic carbocycles. The minimum Gasteiger partial charge on any atom is -0.375 e. The number of ether oxygens (including phenoxy) is 1. The van der Waals surface area contributed by atoms with E-state index in [-0.39, 0.29) is 12.5 Å². The monoisotopic (exact) mass is 351 g/mol. The van der Waals surface area contributed by atoms with E-state index >= 15 is 0 Å². The first-order valence-corrected chi connectivity index (χ1v) is 7.37. The minimum absolute atomic E-state index is 0.0385. The summed E-state index contributed by atoms with van der Waals surface area (Å²) in [5, 5.41) is 7.33. The van der Waals surface area contributed by atoms with Gasteiger partial charge in [0, 0.05) is 11.6 Å². The van der Waals surface area contributed by atoms with E-state index in [0.29, 0.717) is 6.54 Å². The Bertz CT molecular complexity index is 635. The number of anilines is 1. The van der Waals surface area contributed by atoms with Gasteiger partial charge in [-0.2, -0.15) is 5.10 Å². The highest BCUT2D eigenvalue weighted by Gasteiger charge is 2.14. The number of halogens is 1. The molecule has 0 aliphatic rings. The van der Waals surface area contributed by atoms with Gasteiger partial charge in [0.2, 0.25) is 5.91 Å². The molecule has 2 rings (SSSR count). The van der Waals surface area contributed by atoms with E-state index in [2.05, 4.69) is 26.3 Å².